The Morgan fingerprint density at radius 3 is 2.63 bits per heavy atom. The normalized spacial score (nSPS) is 19.2. The quantitative estimate of drug-likeness (QED) is 0.222. The van der Waals surface area contributed by atoms with Gasteiger partial charge >= 0.3 is 6.09 Å². The molecule has 1 unspecified atom stereocenters. The average Bonchev–Trinajstić information content (AvgIpc) is 3.44. The van der Waals surface area contributed by atoms with Crippen LogP contribution in [0.15, 0.2) is 66.7 Å². The molecule has 0 aromatic heterocycles. The van der Waals surface area contributed by atoms with Crippen molar-refractivity contribution in [2.45, 2.75) is 83.5 Å². The number of amides is 2. The average molecular weight is 629 g/mol. The smallest absolute Gasteiger partial charge is 0.410 e. The zero-order chi connectivity index (χ0) is 31.9. The standard InChI is InChI=1S/C37H44N2O7/c1-37(2)44-25-30-22-28(13-16-33(30)46-37)34-23-39(36(41)45-34)18-17-26-11-14-32(15-12-26)43-20-19-42-24-27-7-6-8-29(21-27)35(40)38-31-9-4-3-5-10-31/h6-8,11-16,21-22,31,34H,3-5,9-10,17-20,23-25H2,1-2H3,(H,38,40). The van der Waals surface area contributed by atoms with Gasteiger partial charge in [0.15, 0.2) is 0 Å². The van der Waals surface area contributed by atoms with Crippen LogP contribution in [0.4, 0.5) is 4.79 Å². The minimum absolute atomic E-state index is 0.00801. The number of carbonyl (C=O) groups excluding carboxylic acids is 2. The maximum Gasteiger partial charge on any atom is 0.410 e. The van der Waals surface area contributed by atoms with Gasteiger partial charge in [0.05, 0.1) is 26.4 Å². The highest BCUT2D eigenvalue weighted by Crippen LogP contribution is 2.35. The van der Waals surface area contributed by atoms with Gasteiger partial charge in [-0.1, -0.05) is 49.6 Å². The van der Waals surface area contributed by atoms with Crippen molar-refractivity contribution in [1.29, 1.82) is 0 Å². The molecule has 2 aliphatic heterocycles. The van der Waals surface area contributed by atoms with Gasteiger partial charge in [-0.25, -0.2) is 4.79 Å². The third kappa shape index (κ3) is 8.39. The number of nitrogens with zero attached hydrogens (tertiary/aromatic N) is 1. The first kappa shape index (κ1) is 31.9. The molecule has 9 heteroatoms. The lowest BCUT2D eigenvalue weighted by atomic mass is 9.95. The lowest BCUT2D eigenvalue weighted by Gasteiger charge is -2.32. The number of benzene rings is 3. The molecule has 0 radical (unpaired) electrons. The fraction of sp³-hybridized carbons (Fsp3) is 0.459. The third-order valence-electron chi connectivity index (χ3n) is 8.76. The molecule has 1 N–H and O–H groups in total. The van der Waals surface area contributed by atoms with Crippen molar-refractivity contribution in [2.24, 2.45) is 0 Å². The van der Waals surface area contributed by atoms with Crippen molar-refractivity contribution in [3.8, 4) is 11.5 Å². The summed E-state index contributed by atoms with van der Waals surface area (Å²) in [6.07, 6.45) is 5.86. The minimum atomic E-state index is -0.646. The Balaban J connectivity index is 0.894. The fourth-order valence-electron chi connectivity index (χ4n) is 6.16. The number of fused-ring (bicyclic) bond motifs is 1. The molecule has 2 heterocycles. The number of carbonyl (C=O) groups is 2. The second kappa shape index (κ2) is 14.6. The maximum absolute atomic E-state index is 12.7. The minimum Gasteiger partial charge on any atom is -0.491 e. The van der Waals surface area contributed by atoms with Gasteiger partial charge in [-0.3, -0.25) is 4.79 Å². The summed E-state index contributed by atoms with van der Waals surface area (Å²) in [6, 6.07) is 21.7. The van der Waals surface area contributed by atoms with Crippen molar-refractivity contribution < 1.29 is 33.3 Å². The van der Waals surface area contributed by atoms with E-state index in [9.17, 15) is 9.59 Å². The summed E-state index contributed by atoms with van der Waals surface area (Å²) < 4.78 is 29.0. The summed E-state index contributed by atoms with van der Waals surface area (Å²) >= 11 is 0. The van der Waals surface area contributed by atoms with Crippen LogP contribution in [0, 0.1) is 0 Å². The molecule has 1 aliphatic carbocycles. The van der Waals surface area contributed by atoms with E-state index in [0.29, 0.717) is 51.5 Å². The van der Waals surface area contributed by atoms with Crippen LogP contribution in [0.3, 0.4) is 0 Å². The predicted octanol–water partition coefficient (Wildman–Crippen LogP) is 6.73. The van der Waals surface area contributed by atoms with E-state index in [0.717, 1.165) is 46.6 Å². The Morgan fingerprint density at radius 2 is 1.80 bits per heavy atom. The summed E-state index contributed by atoms with van der Waals surface area (Å²) in [4.78, 5) is 27.0. The van der Waals surface area contributed by atoms with Gasteiger partial charge in [0, 0.05) is 37.6 Å². The van der Waals surface area contributed by atoms with Crippen LogP contribution in [0.25, 0.3) is 0 Å². The molecule has 3 aliphatic rings. The highest BCUT2D eigenvalue weighted by molar-refractivity contribution is 5.94. The highest BCUT2D eigenvalue weighted by atomic mass is 16.7. The van der Waals surface area contributed by atoms with Crippen LogP contribution in [0.5, 0.6) is 11.5 Å². The fourth-order valence-corrected chi connectivity index (χ4v) is 6.16. The van der Waals surface area contributed by atoms with Gasteiger partial charge in [-0.2, -0.15) is 0 Å². The SMILES string of the molecule is CC1(C)OCc2cc(C3CN(CCc4ccc(OCCOCc5cccc(C(=O)NC6CCCCC6)c5)cc4)C(=O)O3)ccc2O1. The van der Waals surface area contributed by atoms with E-state index in [-0.39, 0.29) is 24.1 Å². The van der Waals surface area contributed by atoms with E-state index in [2.05, 4.69) is 5.32 Å². The van der Waals surface area contributed by atoms with Gasteiger partial charge in [-0.05, 0) is 72.4 Å². The molecule has 3 aromatic rings. The first-order chi connectivity index (χ1) is 22.3. The lowest BCUT2D eigenvalue weighted by molar-refractivity contribution is -0.180. The number of nitrogens with one attached hydrogen (secondary N) is 1. The van der Waals surface area contributed by atoms with E-state index >= 15 is 0 Å². The zero-order valence-electron chi connectivity index (χ0n) is 26.8. The molecule has 46 heavy (non-hydrogen) atoms. The van der Waals surface area contributed by atoms with E-state index in [1.807, 2.05) is 80.6 Å². The lowest BCUT2D eigenvalue weighted by Crippen LogP contribution is -2.36. The van der Waals surface area contributed by atoms with Crippen molar-refractivity contribution in [3.63, 3.8) is 0 Å². The largest absolute Gasteiger partial charge is 0.491 e. The molecule has 1 saturated carbocycles. The van der Waals surface area contributed by atoms with Crippen molar-refractivity contribution in [3.05, 3.63) is 94.5 Å². The summed E-state index contributed by atoms with van der Waals surface area (Å²) in [5.74, 6) is 0.913. The molecule has 9 nitrogen and oxygen atoms in total. The number of ether oxygens (including phenoxy) is 5. The molecule has 0 spiro atoms. The molecule has 0 bridgehead atoms. The first-order valence-corrected chi connectivity index (χ1v) is 16.4. The second-order valence-corrected chi connectivity index (χ2v) is 12.8. The molecular weight excluding hydrogens is 584 g/mol. The van der Waals surface area contributed by atoms with Crippen LogP contribution < -0.4 is 14.8 Å². The first-order valence-electron chi connectivity index (χ1n) is 16.4. The molecule has 1 saturated heterocycles. The van der Waals surface area contributed by atoms with Gasteiger partial charge in [0.25, 0.3) is 5.91 Å². The third-order valence-corrected chi connectivity index (χ3v) is 8.76. The number of hydrogen-bond acceptors (Lipinski definition) is 7. The second-order valence-electron chi connectivity index (χ2n) is 12.8. The van der Waals surface area contributed by atoms with E-state index in [1.54, 1.807) is 4.90 Å². The van der Waals surface area contributed by atoms with Crippen molar-refractivity contribution in [2.75, 3.05) is 26.3 Å². The molecule has 2 fully saturated rings. The van der Waals surface area contributed by atoms with Crippen LogP contribution in [0.2, 0.25) is 0 Å². The van der Waals surface area contributed by atoms with Crippen LogP contribution in [-0.4, -0.2) is 55.0 Å². The van der Waals surface area contributed by atoms with E-state index in [1.165, 1.54) is 19.3 Å². The molecule has 1 atom stereocenters. The van der Waals surface area contributed by atoms with Gasteiger partial charge < -0.3 is 33.9 Å². The maximum atomic E-state index is 12.7. The zero-order valence-corrected chi connectivity index (χ0v) is 26.8. The van der Waals surface area contributed by atoms with Crippen LogP contribution in [-0.2, 0) is 33.8 Å². The molecule has 244 valence electrons. The van der Waals surface area contributed by atoms with E-state index < -0.39 is 5.79 Å². The number of hydrogen-bond donors (Lipinski definition) is 1. The molecular formula is C37H44N2O7. The number of rotatable bonds is 12. The van der Waals surface area contributed by atoms with Crippen LogP contribution >= 0.6 is 0 Å². The van der Waals surface area contributed by atoms with Crippen molar-refractivity contribution >= 4 is 12.0 Å². The van der Waals surface area contributed by atoms with Gasteiger partial charge in [0.1, 0.15) is 24.2 Å². The Bertz CT molecular complexity index is 1500. The molecule has 3 aromatic carbocycles. The predicted molar refractivity (Wildman–Crippen MR) is 173 cm³/mol. The molecule has 2 amide bonds. The Morgan fingerprint density at radius 1 is 0.978 bits per heavy atom. The highest BCUT2D eigenvalue weighted by Gasteiger charge is 2.34. The summed E-state index contributed by atoms with van der Waals surface area (Å²) in [6.45, 7) is 6.58. The summed E-state index contributed by atoms with van der Waals surface area (Å²) in [7, 11) is 0. The van der Waals surface area contributed by atoms with Gasteiger partial charge in [-0.15, -0.1) is 0 Å². The van der Waals surface area contributed by atoms with Crippen LogP contribution in [0.1, 0.15) is 84.7 Å². The van der Waals surface area contributed by atoms with Crippen molar-refractivity contribution in [1.82, 2.24) is 10.2 Å². The Labute approximate surface area is 271 Å². The summed E-state index contributed by atoms with van der Waals surface area (Å²) in [5.41, 5.74) is 4.65. The van der Waals surface area contributed by atoms with E-state index in [4.69, 9.17) is 23.7 Å². The molecule has 6 rings (SSSR count). The Hall–Kier alpha value is -4.08. The van der Waals surface area contributed by atoms with Gasteiger partial charge in [0.2, 0.25) is 5.79 Å². The Kier molecular flexibility index (Phi) is 10.1. The summed E-state index contributed by atoms with van der Waals surface area (Å²) in [5, 5.41) is 3.17. The topological polar surface area (TPSA) is 95.6 Å². The monoisotopic (exact) mass is 628 g/mol. The number of cyclic esters (lactones) is 1.